The highest BCUT2D eigenvalue weighted by Crippen LogP contribution is 2.49. The zero-order valence-electron chi connectivity index (χ0n) is 24.0. The van der Waals surface area contributed by atoms with Gasteiger partial charge >= 0.3 is 6.18 Å². The van der Waals surface area contributed by atoms with Gasteiger partial charge in [0.15, 0.2) is 17.2 Å². The van der Waals surface area contributed by atoms with Crippen LogP contribution >= 0.6 is 11.6 Å². The Kier molecular flexibility index (Phi) is 7.58. The van der Waals surface area contributed by atoms with Crippen molar-refractivity contribution in [2.75, 3.05) is 44.6 Å². The summed E-state index contributed by atoms with van der Waals surface area (Å²) in [6.45, 7) is 2.49. The minimum atomic E-state index is -4.89. The maximum Gasteiger partial charge on any atom is 0.435 e. The molecule has 1 saturated carbocycles. The fraction of sp³-hybridized carbons (Fsp3) is 0.414. The van der Waals surface area contributed by atoms with Crippen LogP contribution in [0.3, 0.4) is 0 Å². The monoisotopic (exact) mass is 663 g/mol. The van der Waals surface area contributed by atoms with Crippen molar-refractivity contribution >= 4 is 40.6 Å². The molecule has 2 saturated heterocycles. The summed E-state index contributed by atoms with van der Waals surface area (Å²) in [6.07, 6.45) is -2.96. The molecule has 242 valence electrons. The van der Waals surface area contributed by atoms with E-state index in [9.17, 15) is 31.5 Å². The largest absolute Gasteiger partial charge is 0.435 e. The summed E-state index contributed by atoms with van der Waals surface area (Å²) in [5, 5.41) is 9.84. The Morgan fingerprint density at radius 3 is 2.46 bits per heavy atom. The van der Waals surface area contributed by atoms with Gasteiger partial charge in [0.05, 0.1) is 28.0 Å². The number of carbonyl (C=O) groups is 2. The Hall–Kier alpha value is -4.31. The number of imidazole rings is 1. The van der Waals surface area contributed by atoms with E-state index < -0.39 is 30.4 Å². The minimum absolute atomic E-state index is 0.0222. The molecule has 3 fully saturated rings. The van der Waals surface area contributed by atoms with Crippen LogP contribution in [0.4, 0.5) is 33.5 Å². The number of fused-ring (bicyclic) bond motifs is 2. The highest BCUT2D eigenvalue weighted by atomic mass is 35.5. The molecule has 2 N–H and O–H groups in total. The molecular formula is C29H27ClF5N9O2. The van der Waals surface area contributed by atoms with Gasteiger partial charge in [-0.05, 0) is 43.1 Å². The molecule has 0 bridgehead atoms. The predicted octanol–water partition coefficient (Wildman–Crippen LogP) is 4.02. The van der Waals surface area contributed by atoms with Crippen molar-refractivity contribution in [3.8, 4) is 11.3 Å². The highest BCUT2D eigenvalue weighted by Gasteiger charge is 2.58. The van der Waals surface area contributed by atoms with Crippen LogP contribution in [0.25, 0.3) is 16.9 Å². The SMILES string of the molecule is O=C(c1ccc(Nc2nccn3c(-c4cn(CC(F)F)nc4C(F)(F)F)cnc23)cc1Cl)N1CCN(C(=O)[C@H]2[C@@H]3CNC[C@@H]32)CC1. The Balaban J connectivity index is 1.05. The van der Waals surface area contributed by atoms with Crippen LogP contribution in [0, 0.1) is 17.8 Å². The summed E-state index contributed by atoms with van der Waals surface area (Å²) in [5.74, 6) is 1.05. The predicted molar refractivity (Wildman–Crippen MR) is 156 cm³/mol. The van der Waals surface area contributed by atoms with Crippen molar-refractivity contribution < 1.29 is 31.5 Å². The van der Waals surface area contributed by atoms with Crippen molar-refractivity contribution in [1.82, 2.24) is 39.3 Å². The van der Waals surface area contributed by atoms with Crippen molar-refractivity contribution in [1.29, 1.82) is 0 Å². The van der Waals surface area contributed by atoms with E-state index in [0.29, 0.717) is 48.4 Å². The molecule has 0 spiro atoms. The number of amides is 2. The van der Waals surface area contributed by atoms with Gasteiger partial charge in [0, 0.05) is 56.4 Å². The maximum atomic E-state index is 13.7. The third-order valence-corrected chi connectivity index (χ3v) is 9.09. The topological polar surface area (TPSA) is 113 Å². The number of halogens is 6. The molecule has 2 amide bonds. The minimum Gasteiger partial charge on any atom is -0.339 e. The van der Waals surface area contributed by atoms with Crippen LogP contribution in [0.5, 0.6) is 0 Å². The lowest BCUT2D eigenvalue weighted by Crippen LogP contribution is -2.51. The molecule has 3 aliphatic rings. The van der Waals surface area contributed by atoms with Gasteiger partial charge < -0.3 is 20.4 Å². The number of carbonyl (C=O) groups excluding carboxylic acids is 2. The molecule has 2 aliphatic heterocycles. The van der Waals surface area contributed by atoms with Gasteiger partial charge in [-0.1, -0.05) is 11.6 Å². The number of rotatable bonds is 7. The van der Waals surface area contributed by atoms with E-state index in [1.807, 2.05) is 4.90 Å². The fourth-order valence-electron chi connectivity index (χ4n) is 6.46. The van der Waals surface area contributed by atoms with Gasteiger partial charge in [0.25, 0.3) is 12.3 Å². The van der Waals surface area contributed by atoms with E-state index in [-0.39, 0.29) is 45.5 Å². The van der Waals surface area contributed by atoms with E-state index in [1.54, 1.807) is 17.0 Å². The number of anilines is 2. The van der Waals surface area contributed by atoms with Crippen LogP contribution in [0.1, 0.15) is 16.1 Å². The van der Waals surface area contributed by atoms with Crippen LogP contribution in [0.2, 0.25) is 5.02 Å². The standard InChI is InChI=1S/C29H27ClF5N9O2/c30-20-9-15(1-2-16(20)27(45)41-5-7-42(8-6-41)28(46)23-17-10-36-11-18(17)23)39-25-26-38-12-21(44(26)4-3-37-25)19-13-43(14-22(31)32)40-24(19)29(33,34)35/h1-4,9,12-13,17-18,22-23,36H,5-8,10-11,14H2,(H,37,39)/t17-,18+,23+. The molecule has 3 aromatic heterocycles. The van der Waals surface area contributed by atoms with E-state index in [2.05, 4.69) is 25.7 Å². The first-order valence-electron chi connectivity index (χ1n) is 14.6. The molecule has 46 heavy (non-hydrogen) atoms. The van der Waals surface area contributed by atoms with Gasteiger partial charge in [-0.3, -0.25) is 18.7 Å². The molecule has 1 aliphatic carbocycles. The number of hydrogen-bond acceptors (Lipinski definition) is 7. The molecule has 3 atom stereocenters. The van der Waals surface area contributed by atoms with Crippen LogP contribution < -0.4 is 10.6 Å². The van der Waals surface area contributed by atoms with Gasteiger partial charge in [0.1, 0.15) is 6.54 Å². The number of alkyl halides is 5. The number of nitrogens with one attached hydrogen (secondary N) is 2. The van der Waals surface area contributed by atoms with Crippen LogP contribution in [0.15, 0.2) is 43.0 Å². The lowest BCUT2D eigenvalue weighted by molar-refractivity contribution is -0.141. The second-order valence-corrected chi connectivity index (χ2v) is 12.0. The Labute approximate surface area is 263 Å². The molecule has 11 nitrogen and oxygen atoms in total. The molecule has 7 rings (SSSR count). The summed E-state index contributed by atoms with van der Waals surface area (Å²) < 4.78 is 68.9. The first kappa shape index (κ1) is 30.3. The first-order chi connectivity index (χ1) is 22.0. The summed E-state index contributed by atoms with van der Waals surface area (Å²) in [5.41, 5.74) is -0.879. The molecule has 17 heteroatoms. The highest BCUT2D eigenvalue weighted by molar-refractivity contribution is 6.34. The molecule has 1 aromatic carbocycles. The Morgan fingerprint density at radius 1 is 1.07 bits per heavy atom. The molecular weight excluding hydrogens is 637 g/mol. The van der Waals surface area contributed by atoms with E-state index in [1.165, 1.54) is 29.1 Å². The zero-order chi connectivity index (χ0) is 32.3. The summed E-state index contributed by atoms with van der Waals surface area (Å²) in [4.78, 5) is 38.2. The summed E-state index contributed by atoms with van der Waals surface area (Å²) >= 11 is 6.53. The third-order valence-electron chi connectivity index (χ3n) is 8.78. The summed E-state index contributed by atoms with van der Waals surface area (Å²) in [7, 11) is 0. The second kappa shape index (κ2) is 11.5. The quantitative estimate of drug-likeness (QED) is 0.287. The third kappa shape index (κ3) is 5.53. The number of hydrogen-bond donors (Lipinski definition) is 2. The van der Waals surface area contributed by atoms with Crippen LogP contribution in [-0.4, -0.2) is 91.5 Å². The molecule has 0 radical (unpaired) electrons. The normalized spacial score (nSPS) is 21.2. The number of piperidine rings is 1. The second-order valence-electron chi connectivity index (χ2n) is 11.6. The Bertz CT molecular complexity index is 1810. The zero-order valence-corrected chi connectivity index (χ0v) is 24.8. The van der Waals surface area contributed by atoms with Crippen LogP contribution in [-0.2, 0) is 17.5 Å². The van der Waals surface area contributed by atoms with E-state index in [0.717, 1.165) is 19.3 Å². The Morgan fingerprint density at radius 2 is 1.78 bits per heavy atom. The van der Waals surface area contributed by atoms with Gasteiger partial charge in [0.2, 0.25) is 5.91 Å². The van der Waals surface area contributed by atoms with Crippen molar-refractivity contribution in [2.24, 2.45) is 17.8 Å². The van der Waals surface area contributed by atoms with Crippen molar-refractivity contribution in [3.05, 3.63) is 59.3 Å². The number of piperazine rings is 1. The number of aromatic nitrogens is 5. The van der Waals surface area contributed by atoms with E-state index >= 15 is 0 Å². The lowest BCUT2D eigenvalue weighted by atomic mass is 10.1. The fourth-order valence-corrected chi connectivity index (χ4v) is 6.72. The maximum absolute atomic E-state index is 13.7. The molecule has 5 heterocycles. The molecule has 4 aromatic rings. The first-order valence-corrected chi connectivity index (χ1v) is 15.0. The van der Waals surface area contributed by atoms with Gasteiger partial charge in [-0.15, -0.1) is 0 Å². The summed E-state index contributed by atoms with van der Waals surface area (Å²) in [6, 6.07) is 4.70. The lowest BCUT2D eigenvalue weighted by Gasteiger charge is -2.35. The average molecular weight is 664 g/mol. The number of benzene rings is 1. The molecule has 0 unspecified atom stereocenters. The average Bonchev–Trinajstić information content (AvgIpc) is 3.43. The van der Waals surface area contributed by atoms with E-state index in [4.69, 9.17) is 11.6 Å². The van der Waals surface area contributed by atoms with Crippen molar-refractivity contribution in [3.63, 3.8) is 0 Å². The van der Waals surface area contributed by atoms with Gasteiger partial charge in [-0.2, -0.15) is 18.3 Å². The number of nitrogens with zero attached hydrogens (tertiary/aromatic N) is 7. The van der Waals surface area contributed by atoms with Gasteiger partial charge in [-0.25, -0.2) is 18.7 Å². The van der Waals surface area contributed by atoms with Crippen molar-refractivity contribution in [2.45, 2.75) is 19.1 Å². The smallest absolute Gasteiger partial charge is 0.339 e.